The molecular formula is C22H27N3O3. The maximum atomic E-state index is 11.9. The summed E-state index contributed by atoms with van der Waals surface area (Å²) in [6.45, 7) is 2.75. The standard InChI is InChI=1S/C22H27N3O3/c1-28-20-12-8-18(9-13-20)24-22(27)21(26)23-14-4-5-17-6-10-19(11-7-17)25-15-2-3-16-25/h6-13H,2-5,14-16H2,1H3,(H,23,26)(H,24,27). The Morgan fingerprint density at radius 3 is 2.29 bits per heavy atom. The molecule has 0 aromatic heterocycles. The van der Waals surface area contributed by atoms with E-state index in [0.717, 1.165) is 25.9 Å². The molecule has 6 heteroatoms. The second kappa shape index (κ2) is 9.78. The molecule has 0 radical (unpaired) electrons. The minimum absolute atomic E-state index is 0.461. The fourth-order valence-electron chi connectivity index (χ4n) is 3.29. The van der Waals surface area contributed by atoms with Crippen molar-refractivity contribution in [3.05, 3.63) is 54.1 Å². The number of carbonyl (C=O) groups is 2. The van der Waals surface area contributed by atoms with Crippen LogP contribution in [0, 0.1) is 0 Å². The summed E-state index contributed by atoms with van der Waals surface area (Å²) in [5, 5.41) is 5.24. The van der Waals surface area contributed by atoms with E-state index in [1.165, 1.54) is 24.1 Å². The lowest BCUT2D eigenvalue weighted by Crippen LogP contribution is -2.36. The molecule has 2 amide bonds. The summed E-state index contributed by atoms with van der Waals surface area (Å²) in [5.41, 5.74) is 3.07. The van der Waals surface area contributed by atoms with E-state index in [-0.39, 0.29) is 0 Å². The van der Waals surface area contributed by atoms with Gasteiger partial charge in [-0.2, -0.15) is 0 Å². The van der Waals surface area contributed by atoms with Crippen LogP contribution in [0.2, 0.25) is 0 Å². The van der Waals surface area contributed by atoms with E-state index in [9.17, 15) is 9.59 Å². The lowest BCUT2D eigenvalue weighted by atomic mass is 10.1. The van der Waals surface area contributed by atoms with Gasteiger partial charge < -0.3 is 20.3 Å². The summed E-state index contributed by atoms with van der Waals surface area (Å²) in [6.07, 6.45) is 4.19. The van der Waals surface area contributed by atoms with Crippen LogP contribution in [0.15, 0.2) is 48.5 Å². The van der Waals surface area contributed by atoms with Gasteiger partial charge in [0, 0.05) is 31.0 Å². The number of amides is 2. The van der Waals surface area contributed by atoms with Crippen molar-refractivity contribution in [3.63, 3.8) is 0 Å². The Kier molecular flexibility index (Phi) is 6.89. The van der Waals surface area contributed by atoms with Gasteiger partial charge in [0.25, 0.3) is 0 Å². The summed E-state index contributed by atoms with van der Waals surface area (Å²) in [5.74, 6) is -0.601. The molecule has 0 aliphatic carbocycles. The number of anilines is 2. The zero-order valence-corrected chi connectivity index (χ0v) is 16.2. The summed E-state index contributed by atoms with van der Waals surface area (Å²) < 4.78 is 5.06. The lowest BCUT2D eigenvalue weighted by Gasteiger charge is -2.17. The number of ether oxygens (including phenoxy) is 1. The van der Waals surface area contributed by atoms with Gasteiger partial charge in [0.1, 0.15) is 5.75 Å². The molecule has 6 nitrogen and oxygen atoms in total. The van der Waals surface area contributed by atoms with E-state index in [1.807, 2.05) is 0 Å². The Morgan fingerprint density at radius 1 is 0.964 bits per heavy atom. The van der Waals surface area contributed by atoms with Crippen molar-refractivity contribution < 1.29 is 14.3 Å². The van der Waals surface area contributed by atoms with Crippen LogP contribution in [0.1, 0.15) is 24.8 Å². The highest BCUT2D eigenvalue weighted by Gasteiger charge is 2.13. The van der Waals surface area contributed by atoms with Crippen molar-refractivity contribution in [2.24, 2.45) is 0 Å². The van der Waals surface area contributed by atoms with Crippen LogP contribution in [-0.4, -0.2) is 38.6 Å². The molecule has 1 fully saturated rings. The van der Waals surface area contributed by atoms with Gasteiger partial charge in [-0.05, 0) is 67.6 Å². The number of methoxy groups -OCH3 is 1. The first-order valence-corrected chi connectivity index (χ1v) is 9.73. The topological polar surface area (TPSA) is 70.7 Å². The molecule has 148 valence electrons. The second-order valence-electron chi connectivity index (χ2n) is 6.90. The van der Waals surface area contributed by atoms with Crippen molar-refractivity contribution in [3.8, 4) is 5.75 Å². The van der Waals surface area contributed by atoms with E-state index in [4.69, 9.17) is 4.74 Å². The minimum atomic E-state index is -0.667. The molecule has 0 spiro atoms. The average Bonchev–Trinajstić information content (AvgIpc) is 3.27. The van der Waals surface area contributed by atoms with Gasteiger partial charge in [-0.25, -0.2) is 0 Å². The predicted molar refractivity (Wildman–Crippen MR) is 111 cm³/mol. The number of nitrogens with one attached hydrogen (secondary N) is 2. The zero-order valence-electron chi connectivity index (χ0n) is 16.2. The Labute approximate surface area is 165 Å². The summed E-state index contributed by atoms with van der Waals surface area (Å²) >= 11 is 0. The number of hydrogen-bond donors (Lipinski definition) is 2. The molecule has 2 N–H and O–H groups in total. The maximum absolute atomic E-state index is 11.9. The van der Waals surface area contributed by atoms with Gasteiger partial charge in [0.05, 0.1) is 7.11 Å². The third kappa shape index (κ3) is 5.49. The number of carbonyl (C=O) groups excluding carboxylic acids is 2. The molecule has 1 heterocycles. The smallest absolute Gasteiger partial charge is 0.313 e. The monoisotopic (exact) mass is 381 g/mol. The molecule has 28 heavy (non-hydrogen) atoms. The average molecular weight is 381 g/mol. The van der Waals surface area contributed by atoms with Crippen LogP contribution in [0.3, 0.4) is 0 Å². The van der Waals surface area contributed by atoms with Gasteiger partial charge in [-0.15, -0.1) is 0 Å². The molecule has 0 bridgehead atoms. The largest absolute Gasteiger partial charge is 0.497 e. The Balaban J connectivity index is 1.36. The van der Waals surface area contributed by atoms with Crippen molar-refractivity contribution >= 4 is 23.2 Å². The van der Waals surface area contributed by atoms with Crippen LogP contribution in [0.5, 0.6) is 5.75 Å². The van der Waals surface area contributed by atoms with Crippen molar-refractivity contribution in [1.29, 1.82) is 0 Å². The van der Waals surface area contributed by atoms with E-state index in [0.29, 0.717) is 18.0 Å². The first kappa shape index (κ1) is 19.7. The minimum Gasteiger partial charge on any atom is -0.497 e. The fraction of sp³-hybridized carbons (Fsp3) is 0.364. The van der Waals surface area contributed by atoms with Gasteiger partial charge in [-0.3, -0.25) is 9.59 Å². The molecular weight excluding hydrogens is 354 g/mol. The van der Waals surface area contributed by atoms with Gasteiger partial charge in [0.2, 0.25) is 0 Å². The van der Waals surface area contributed by atoms with E-state index in [2.05, 4.69) is 39.8 Å². The quantitative estimate of drug-likeness (QED) is 0.571. The van der Waals surface area contributed by atoms with E-state index in [1.54, 1.807) is 31.4 Å². The number of benzene rings is 2. The fourth-order valence-corrected chi connectivity index (χ4v) is 3.29. The molecule has 0 unspecified atom stereocenters. The van der Waals surface area contributed by atoms with Crippen molar-refractivity contribution in [2.75, 3.05) is 37.0 Å². The first-order valence-electron chi connectivity index (χ1n) is 9.73. The highest BCUT2D eigenvalue weighted by molar-refractivity contribution is 6.39. The second-order valence-corrected chi connectivity index (χ2v) is 6.90. The first-order chi connectivity index (χ1) is 13.7. The predicted octanol–water partition coefficient (Wildman–Crippen LogP) is 2.98. The number of aryl methyl sites for hydroxylation is 1. The number of hydrogen-bond acceptors (Lipinski definition) is 4. The highest BCUT2D eigenvalue weighted by Crippen LogP contribution is 2.20. The van der Waals surface area contributed by atoms with Gasteiger partial charge in [-0.1, -0.05) is 12.1 Å². The normalized spacial score (nSPS) is 13.2. The Bertz CT molecular complexity index is 782. The van der Waals surface area contributed by atoms with Crippen LogP contribution in [0.4, 0.5) is 11.4 Å². The van der Waals surface area contributed by atoms with Crippen molar-refractivity contribution in [2.45, 2.75) is 25.7 Å². The number of nitrogens with zero attached hydrogens (tertiary/aromatic N) is 1. The molecule has 1 aliphatic rings. The van der Waals surface area contributed by atoms with Crippen LogP contribution >= 0.6 is 0 Å². The van der Waals surface area contributed by atoms with Crippen LogP contribution < -0.4 is 20.3 Å². The maximum Gasteiger partial charge on any atom is 0.313 e. The third-order valence-corrected chi connectivity index (χ3v) is 4.89. The van der Waals surface area contributed by atoms with Gasteiger partial charge in [0.15, 0.2) is 0 Å². The summed E-state index contributed by atoms with van der Waals surface area (Å²) in [7, 11) is 1.57. The third-order valence-electron chi connectivity index (χ3n) is 4.89. The van der Waals surface area contributed by atoms with Gasteiger partial charge >= 0.3 is 11.8 Å². The van der Waals surface area contributed by atoms with Crippen LogP contribution in [0.25, 0.3) is 0 Å². The lowest BCUT2D eigenvalue weighted by molar-refractivity contribution is -0.136. The number of rotatable bonds is 7. The molecule has 0 atom stereocenters. The summed E-state index contributed by atoms with van der Waals surface area (Å²) in [6, 6.07) is 15.5. The Morgan fingerprint density at radius 2 is 1.64 bits per heavy atom. The molecule has 0 saturated carbocycles. The molecule has 2 aromatic rings. The van der Waals surface area contributed by atoms with E-state index < -0.39 is 11.8 Å². The Hall–Kier alpha value is -3.02. The highest BCUT2D eigenvalue weighted by atomic mass is 16.5. The molecule has 1 aliphatic heterocycles. The summed E-state index contributed by atoms with van der Waals surface area (Å²) in [4.78, 5) is 26.3. The van der Waals surface area contributed by atoms with Crippen LogP contribution in [-0.2, 0) is 16.0 Å². The zero-order chi connectivity index (χ0) is 19.8. The SMILES string of the molecule is COc1ccc(NC(=O)C(=O)NCCCc2ccc(N3CCCC3)cc2)cc1. The molecule has 1 saturated heterocycles. The molecule has 2 aromatic carbocycles. The van der Waals surface area contributed by atoms with E-state index >= 15 is 0 Å². The molecule has 3 rings (SSSR count). The van der Waals surface area contributed by atoms with Crippen molar-refractivity contribution in [1.82, 2.24) is 5.32 Å².